The first-order chi connectivity index (χ1) is 14.8. The van der Waals surface area contributed by atoms with Gasteiger partial charge < -0.3 is 4.42 Å². The van der Waals surface area contributed by atoms with Crippen LogP contribution in [0.2, 0.25) is 0 Å². The highest BCUT2D eigenvalue weighted by molar-refractivity contribution is 5.52. The van der Waals surface area contributed by atoms with Gasteiger partial charge in [-0.3, -0.25) is 9.80 Å². The number of nitrogens with zero attached hydrogens (tertiary/aromatic N) is 4. The van der Waals surface area contributed by atoms with Crippen LogP contribution in [-0.4, -0.2) is 46.2 Å². The molecular weight excluding hydrogens is 405 g/mol. The van der Waals surface area contributed by atoms with Crippen LogP contribution in [-0.2, 0) is 12.7 Å². The van der Waals surface area contributed by atoms with Gasteiger partial charge in [0.15, 0.2) is 0 Å². The molecule has 1 fully saturated rings. The van der Waals surface area contributed by atoms with E-state index in [0.29, 0.717) is 23.9 Å². The zero-order chi connectivity index (χ0) is 22.0. The van der Waals surface area contributed by atoms with Crippen LogP contribution in [0.3, 0.4) is 0 Å². The van der Waals surface area contributed by atoms with Gasteiger partial charge in [0.25, 0.3) is 0 Å². The number of benzene rings is 2. The van der Waals surface area contributed by atoms with Crippen molar-refractivity contribution in [3.63, 3.8) is 0 Å². The Labute approximate surface area is 179 Å². The molecule has 3 aromatic rings. The van der Waals surface area contributed by atoms with Crippen LogP contribution in [0.4, 0.5) is 13.2 Å². The minimum Gasteiger partial charge on any atom is -0.419 e. The summed E-state index contributed by atoms with van der Waals surface area (Å²) in [6, 6.07) is 13.5. The molecular formula is C23H25F3N4O. The normalized spacial score (nSPS) is 17.1. The van der Waals surface area contributed by atoms with E-state index in [2.05, 4.69) is 20.0 Å². The molecule has 164 valence electrons. The van der Waals surface area contributed by atoms with E-state index < -0.39 is 11.7 Å². The summed E-state index contributed by atoms with van der Waals surface area (Å²) in [6.45, 7) is 7.65. The monoisotopic (exact) mass is 430 g/mol. The van der Waals surface area contributed by atoms with Crippen molar-refractivity contribution in [3.8, 4) is 11.5 Å². The minimum atomic E-state index is -4.31. The molecule has 0 saturated carbocycles. The highest BCUT2D eigenvalue weighted by Crippen LogP contribution is 2.30. The second-order valence-electron chi connectivity index (χ2n) is 8.00. The van der Waals surface area contributed by atoms with Gasteiger partial charge in [0.05, 0.1) is 11.6 Å². The molecule has 0 amide bonds. The van der Waals surface area contributed by atoms with E-state index in [4.69, 9.17) is 4.42 Å². The number of alkyl halides is 3. The Bertz CT molecular complexity index is 1010. The summed E-state index contributed by atoms with van der Waals surface area (Å²) in [5, 5.41) is 8.42. The van der Waals surface area contributed by atoms with Crippen molar-refractivity contribution < 1.29 is 17.6 Å². The Kier molecular flexibility index (Phi) is 6.11. The van der Waals surface area contributed by atoms with E-state index >= 15 is 0 Å². The number of aryl methyl sites for hydroxylation is 1. The van der Waals surface area contributed by atoms with Crippen LogP contribution in [0.1, 0.15) is 35.5 Å². The smallest absolute Gasteiger partial charge is 0.416 e. The van der Waals surface area contributed by atoms with Gasteiger partial charge >= 0.3 is 6.18 Å². The maximum atomic E-state index is 12.9. The molecule has 8 heteroatoms. The van der Waals surface area contributed by atoms with Gasteiger partial charge in [0.2, 0.25) is 11.8 Å². The number of aromatic nitrogens is 2. The van der Waals surface area contributed by atoms with Crippen molar-refractivity contribution in [2.24, 2.45) is 0 Å². The van der Waals surface area contributed by atoms with E-state index in [9.17, 15) is 13.2 Å². The first kappa shape index (κ1) is 21.5. The van der Waals surface area contributed by atoms with Gasteiger partial charge in [-0.05, 0) is 37.6 Å². The van der Waals surface area contributed by atoms with Gasteiger partial charge in [-0.25, -0.2) is 0 Å². The predicted molar refractivity (Wildman–Crippen MR) is 111 cm³/mol. The summed E-state index contributed by atoms with van der Waals surface area (Å²) < 4.78 is 44.7. The quantitative estimate of drug-likeness (QED) is 0.574. The van der Waals surface area contributed by atoms with Crippen LogP contribution in [0, 0.1) is 6.92 Å². The standard InChI is InChI=1S/C23H25F3N4O/c1-16-6-8-19(9-7-16)22-28-27-21(31-22)17(2)30-12-10-29(11-13-30)15-18-4-3-5-20(14-18)23(24,25)26/h3-9,14,17H,10-13,15H2,1-2H3. The van der Waals surface area contributed by atoms with Gasteiger partial charge in [-0.2, -0.15) is 13.2 Å². The average Bonchev–Trinajstić information content (AvgIpc) is 3.24. The lowest BCUT2D eigenvalue weighted by Crippen LogP contribution is -2.46. The number of rotatable bonds is 5. The zero-order valence-corrected chi connectivity index (χ0v) is 17.6. The van der Waals surface area contributed by atoms with Gasteiger partial charge in [-0.15, -0.1) is 10.2 Å². The first-order valence-corrected chi connectivity index (χ1v) is 10.3. The second-order valence-corrected chi connectivity index (χ2v) is 8.00. The second kappa shape index (κ2) is 8.80. The third kappa shape index (κ3) is 5.14. The Morgan fingerprint density at radius 1 is 1.00 bits per heavy atom. The van der Waals surface area contributed by atoms with E-state index in [0.717, 1.165) is 37.8 Å². The van der Waals surface area contributed by atoms with Crippen LogP contribution in [0.25, 0.3) is 11.5 Å². The van der Waals surface area contributed by atoms with Crippen molar-refractivity contribution >= 4 is 0 Å². The van der Waals surface area contributed by atoms with Crippen molar-refractivity contribution in [2.45, 2.75) is 32.6 Å². The number of piperazine rings is 1. The Morgan fingerprint density at radius 3 is 2.39 bits per heavy atom. The molecule has 0 spiro atoms. The van der Waals surface area contributed by atoms with E-state index in [1.54, 1.807) is 6.07 Å². The van der Waals surface area contributed by atoms with E-state index in [1.165, 1.54) is 17.7 Å². The van der Waals surface area contributed by atoms with Crippen molar-refractivity contribution in [1.82, 2.24) is 20.0 Å². The van der Waals surface area contributed by atoms with E-state index in [1.807, 2.05) is 38.1 Å². The number of halogens is 3. The van der Waals surface area contributed by atoms with Gasteiger partial charge in [0.1, 0.15) is 0 Å². The minimum absolute atomic E-state index is 0.0256. The molecule has 31 heavy (non-hydrogen) atoms. The van der Waals surface area contributed by atoms with Crippen LogP contribution in [0.15, 0.2) is 52.9 Å². The lowest BCUT2D eigenvalue weighted by Gasteiger charge is -2.36. The molecule has 1 unspecified atom stereocenters. The lowest BCUT2D eigenvalue weighted by molar-refractivity contribution is -0.137. The molecule has 1 saturated heterocycles. The Hall–Kier alpha value is -2.71. The fraction of sp³-hybridized carbons (Fsp3) is 0.391. The van der Waals surface area contributed by atoms with Crippen molar-refractivity contribution in [1.29, 1.82) is 0 Å². The van der Waals surface area contributed by atoms with Crippen molar-refractivity contribution in [2.75, 3.05) is 26.2 Å². The summed E-state index contributed by atoms with van der Waals surface area (Å²) in [6.07, 6.45) is -4.31. The maximum Gasteiger partial charge on any atom is 0.416 e. The summed E-state index contributed by atoms with van der Waals surface area (Å²) in [5.41, 5.74) is 2.14. The molecule has 0 radical (unpaired) electrons. The molecule has 1 atom stereocenters. The number of hydrogen-bond acceptors (Lipinski definition) is 5. The fourth-order valence-electron chi connectivity index (χ4n) is 3.79. The van der Waals surface area contributed by atoms with E-state index in [-0.39, 0.29) is 6.04 Å². The molecule has 0 aliphatic carbocycles. The molecule has 5 nitrogen and oxygen atoms in total. The maximum absolute atomic E-state index is 12.9. The lowest BCUT2D eigenvalue weighted by atomic mass is 10.1. The topological polar surface area (TPSA) is 45.4 Å². The highest BCUT2D eigenvalue weighted by Gasteiger charge is 2.31. The molecule has 4 rings (SSSR count). The summed E-state index contributed by atoms with van der Waals surface area (Å²) in [4.78, 5) is 4.43. The molecule has 1 aliphatic heterocycles. The molecule has 1 aromatic heterocycles. The first-order valence-electron chi connectivity index (χ1n) is 10.3. The van der Waals surface area contributed by atoms with Crippen LogP contribution in [0.5, 0.6) is 0 Å². The number of hydrogen-bond donors (Lipinski definition) is 0. The summed E-state index contributed by atoms with van der Waals surface area (Å²) >= 11 is 0. The third-order valence-electron chi connectivity index (χ3n) is 5.71. The molecule has 1 aliphatic rings. The summed E-state index contributed by atoms with van der Waals surface area (Å²) in [5.74, 6) is 1.08. The van der Waals surface area contributed by atoms with Crippen molar-refractivity contribution in [3.05, 3.63) is 71.1 Å². The fourth-order valence-corrected chi connectivity index (χ4v) is 3.79. The van der Waals surface area contributed by atoms with Crippen LogP contribution < -0.4 is 0 Å². The van der Waals surface area contributed by atoms with Gasteiger partial charge in [0, 0.05) is 38.3 Å². The molecule has 2 heterocycles. The average molecular weight is 430 g/mol. The van der Waals surface area contributed by atoms with Gasteiger partial charge in [-0.1, -0.05) is 35.9 Å². The molecule has 0 N–H and O–H groups in total. The molecule has 0 bridgehead atoms. The summed E-state index contributed by atoms with van der Waals surface area (Å²) in [7, 11) is 0. The Morgan fingerprint density at radius 2 is 1.71 bits per heavy atom. The third-order valence-corrected chi connectivity index (χ3v) is 5.71. The molecule has 2 aromatic carbocycles. The largest absolute Gasteiger partial charge is 0.419 e. The predicted octanol–water partition coefficient (Wildman–Crippen LogP) is 4.94. The highest BCUT2D eigenvalue weighted by atomic mass is 19.4. The zero-order valence-electron chi connectivity index (χ0n) is 17.6. The van der Waals surface area contributed by atoms with Crippen LogP contribution >= 0.6 is 0 Å². The Balaban J connectivity index is 1.34. The SMILES string of the molecule is Cc1ccc(-c2nnc(C(C)N3CCN(Cc4cccc(C(F)(F)F)c4)CC3)o2)cc1.